The Morgan fingerprint density at radius 1 is 1.32 bits per heavy atom. The Hall–Kier alpha value is -1.83. The van der Waals surface area contributed by atoms with Crippen LogP contribution in [0.25, 0.3) is 15.9 Å². The molecule has 0 saturated heterocycles. The minimum atomic E-state index is -0.227. The molecule has 5 nitrogen and oxygen atoms in total. The van der Waals surface area contributed by atoms with E-state index in [1.165, 1.54) is 0 Å². The van der Waals surface area contributed by atoms with Crippen LogP contribution in [0, 0.1) is 0 Å². The molecular weight excluding hydrogens is 392 g/mol. The Bertz CT molecular complexity index is 1070. The van der Waals surface area contributed by atoms with Gasteiger partial charge >= 0.3 is 0 Å². The number of thiophene rings is 1. The van der Waals surface area contributed by atoms with E-state index >= 15 is 0 Å². The van der Waals surface area contributed by atoms with Gasteiger partial charge in [0, 0.05) is 11.3 Å². The van der Waals surface area contributed by atoms with Crippen molar-refractivity contribution in [1.29, 1.82) is 0 Å². The van der Waals surface area contributed by atoms with Gasteiger partial charge < -0.3 is 9.47 Å². The molecule has 0 spiro atoms. The maximum Gasteiger partial charge on any atom is 0.267 e. The zero-order valence-corrected chi connectivity index (χ0v) is 18.2. The molecular formula is C21H24N2O3S2. The van der Waals surface area contributed by atoms with Crippen LogP contribution >= 0.6 is 23.1 Å². The molecule has 0 amide bonds. The summed E-state index contributed by atoms with van der Waals surface area (Å²) < 4.78 is 13.1. The Labute approximate surface area is 172 Å². The third-order valence-electron chi connectivity index (χ3n) is 5.33. The van der Waals surface area contributed by atoms with Crippen LogP contribution < -0.4 is 10.3 Å². The lowest BCUT2D eigenvalue weighted by atomic mass is 9.90. The minimum absolute atomic E-state index is 0.00368. The van der Waals surface area contributed by atoms with Crippen molar-refractivity contribution in [2.75, 3.05) is 12.9 Å². The average Bonchev–Trinajstić information content (AvgIpc) is 3.06. The van der Waals surface area contributed by atoms with Crippen LogP contribution in [0.5, 0.6) is 5.75 Å². The van der Waals surface area contributed by atoms with Crippen molar-refractivity contribution in [3.8, 4) is 11.4 Å². The molecule has 3 heterocycles. The number of methoxy groups -OCH3 is 1. The summed E-state index contributed by atoms with van der Waals surface area (Å²) in [5, 5.41) is 1.47. The Morgan fingerprint density at radius 3 is 2.71 bits per heavy atom. The summed E-state index contributed by atoms with van der Waals surface area (Å²) in [6, 6.07) is 7.56. The largest absolute Gasteiger partial charge is 0.497 e. The first-order valence-electron chi connectivity index (χ1n) is 9.48. The third-order valence-corrected chi connectivity index (χ3v) is 7.25. The van der Waals surface area contributed by atoms with Crippen molar-refractivity contribution >= 4 is 33.3 Å². The maximum absolute atomic E-state index is 13.7. The van der Waals surface area contributed by atoms with Crippen molar-refractivity contribution in [3.05, 3.63) is 45.1 Å². The summed E-state index contributed by atoms with van der Waals surface area (Å²) in [5.74, 6) is 1.61. The van der Waals surface area contributed by atoms with Gasteiger partial charge in [0.2, 0.25) is 0 Å². The molecule has 1 unspecified atom stereocenters. The summed E-state index contributed by atoms with van der Waals surface area (Å²) in [6.07, 6.45) is 1.66. The summed E-state index contributed by atoms with van der Waals surface area (Å²) >= 11 is 3.17. The van der Waals surface area contributed by atoms with Crippen LogP contribution in [0.2, 0.25) is 0 Å². The molecule has 7 heteroatoms. The number of nitrogens with zero attached hydrogens (tertiary/aromatic N) is 2. The van der Waals surface area contributed by atoms with Crippen molar-refractivity contribution in [2.45, 2.75) is 51.0 Å². The smallest absolute Gasteiger partial charge is 0.267 e. The second-order valence-corrected chi connectivity index (χ2v) is 9.43. The Kier molecular flexibility index (Phi) is 5.24. The fourth-order valence-electron chi connectivity index (χ4n) is 3.51. The average molecular weight is 417 g/mol. The summed E-state index contributed by atoms with van der Waals surface area (Å²) in [6.45, 7) is 6.87. The van der Waals surface area contributed by atoms with E-state index in [0.29, 0.717) is 6.61 Å². The fourth-order valence-corrected chi connectivity index (χ4v) is 5.40. The Balaban J connectivity index is 1.95. The second kappa shape index (κ2) is 7.54. The van der Waals surface area contributed by atoms with Gasteiger partial charge in [-0.1, -0.05) is 25.6 Å². The van der Waals surface area contributed by atoms with Gasteiger partial charge in [0.05, 0.1) is 30.4 Å². The number of benzene rings is 1. The first kappa shape index (κ1) is 19.5. The molecule has 0 radical (unpaired) electrons. The predicted octanol–water partition coefficient (Wildman–Crippen LogP) is 4.81. The van der Waals surface area contributed by atoms with E-state index in [-0.39, 0.29) is 11.2 Å². The summed E-state index contributed by atoms with van der Waals surface area (Å²) in [4.78, 5) is 20.5. The van der Waals surface area contributed by atoms with Gasteiger partial charge in [0.15, 0.2) is 5.16 Å². The lowest BCUT2D eigenvalue weighted by Crippen LogP contribution is -2.34. The van der Waals surface area contributed by atoms with Crippen molar-refractivity contribution in [1.82, 2.24) is 9.55 Å². The topological polar surface area (TPSA) is 53.4 Å². The quantitative estimate of drug-likeness (QED) is 0.441. The molecule has 1 aromatic carbocycles. The number of hydrogen-bond donors (Lipinski definition) is 0. The number of ether oxygens (including phenoxy) is 2. The van der Waals surface area contributed by atoms with Crippen LogP contribution in [0.3, 0.4) is 0 Å². The highest BCUT2D eigenvalue weighted by Crippen LogP contribution is 2.39. The monoisotopic (exact) mass is 416 g/mol. The second-order valence-electron chi connectivity index (χ2n) is 7.12. The fraction of sp³-hybridized carbons (Fsp3) is 0.429. The third kappa shape index (κ3) is 3.25. The number of hydrogen-bond acceptors (Lipinski definition) is 6. The molecule has 0 fully saturated rings. The first-order valence-corrected chi connectivity index (χ1v) is 11.3. The van der Waals surface area contributed by atoms with Crippen LogP contribution in [0.15, 0.2) is 34.2 Å². The van der Waals surface area contributed by atoms with E-state index in [4.69, 9.17) is 14.5 Å². The van der Waals surface area contributed by atoms with Crippen LogP contribution in [0.1, 0.15) is 37.6 Å². The Morgan fingerprint density at radius 2 is 2.07 bits per heavy atom. The molecule has 3 aromatic rings. The van der Waals surface area contributed by atoms with E-state index in [1.54, 1.807) is 34.8 Å². The van der Waals surface area contributed by atoms with E-state index < -0.39 is 0 Å². The lowest BCUT2D eigenvalue weighted by molar-refractivity contribution is -0.0543. The van der Waals surface area contributed by atoms with Gasteiger partial charge in [-0.05, 0) is 48.9 Å². The molecule has 0 N–H and O–H groups in total. The SMILES string of the molecule is CCSc1nc2sc3c(c2c(=O)n1-c1ccc(OC)cc1)CC(C)(CC)OC3. The zero-order chi connectivity index (χ0) is 19.9. The highest BCUT2D eigenvalue weighted by Gasteiger charge is 2.33. The maximum atomic E-state index is 13.7. The highest BCUT2D eigenvalue weighted by atomic mass is 32.2. The normalized spacial score (nSPS) is 19.0. The standard InChI is InChI=1S/C21H24N2O3S2/c1-5-21(3)11-15-16(12-26-21)28-18-17(15)19(24)23(20(22-18)27-6-2)13-7-9-14(25-4)10-8-13/h7-10H,5-6,11-12H2,1-4H3. The van der Waals surface area contributed by atoms with E-state index in [0.717, 1.165) is 55.8 Å². The number of rotatable bonds is 5. The first-order chi connectivity index (χ1) is 13.5. The molecule has 148 valence electrons. The molecule has 1 atom stereocenters. The molecule has 4 rings (SSSR count). The van der Waals surface area contributed by atoms with Gasteiger partial charge in [0.1, 0.15) is 10.6 Å². The van der Waals surface area contributed by atoms with E-state index in [1.807, 2.05) is 24.3 Å². The van der Waals surface area contributed by atoms with Crippen LogP contribution in [0.4, 0.5) is 0 Å². The lowest BCUT2D eigenvalue weighted by Gasteiger charge is -2.32. The van der Waals surface area contributed by atoms with Crippen molar-refractivity contribution in [2.24, 2.45) is 0 Å². The molecule has 0 saturated carbocycles. The van der Waals surface area contributed by atoms with Gasteiger partial charge in [0.25, 0.3) is 5.56 Å². The van der Waals surface area contributed by atoms with Crippen LogP contribution in [-0.4, -0.2) is 28.0 Å². The van der Waals surface area contributed by atoms with E-state index in [9.17, 15) is 4.79 Å². The minimum Gasteiger partial charge on any atom is -0.497 e. The summed E-state index contributed by atoms with van der Waals surface area (Å²) in [5.41, 5.74) is 1.70. The molecule has 0 aliphatic carbocycles. The van der Waals surface area contributed by atoms with Crippen molar-refractivity contribution < 1.29 is 9.47 Å². The van der Waals surface area contributed by atoms with Crippen molar-refractivity contribution in [3.63, 3.8) is 0 Å². The van der Waals surface area contributed by atoms with Gasteiger partial charge in [-0.25, -0.2) is 4.98 Å². The number of thioether (sulfide) groups is 1. The number of fused-ring (bicyclic) bond motifs is 3. The highest BCUT2D eigenvalue weighted by molar-refractivity contribution is 7.99. The molecule has 28 heavy (non-hydrogen) atoms. The number of aromatic nitrogens is 2. The molecule has 0 bridgehead atoms. The van der Waals surface area contributed by atoms with Crippen LogP contribution in [-0.2, 0) is 17.8 Å². The molecule has 2 aromatic heterocycles. The molecule has 1 aliphatic heterocycles. The summed E-state index contributed by atoms with van der Waals surface area (Å²) in [7, 11) is 1.64. The van der Waals surface area contributed by atoms with Gasteiger partial charge in [-0.3, -0.25) is 9.36 Å². The zero-order valence-electron chi connectivity index (χ0n) is 16.6. The van der Waals surface area contributed by atoms with E-state index in [2.05, 4.69) is 20.8 Å². The van der Waals surface area contributed by atoms with Gasteiger partial charge in [-0.2, -0.15) is 0 Å². The van der Waals surface area contributed by atoms with Gasteiger partial charge in [-0.15, -0.1) is 11.3 Å². The predicted molar refractivity (Wildman–Crippen MR) is 115 cm³/mol. The molecule has 1 aliphatic rings.